The van der Waals surface area contributed by atoms with Crippen molar-refractivity contribution in [3.05, 3.63) is 57.5 Å². The van der Waals surface area contributed by atoms with Crippen LogP contribution in [0, 0.1) is 0 Å². The molecule has 2 aromatic carbocycles. The Morgan fingerprint density at radius 2 is 1.00 bits per heavy atom. The van der Waals surface area contributed by atoms with Crippen LogP contribution in [0.2, 0.25) is 0 Å². The molecule has 24 heavy (non-hydrogen) atoms. The summed E-state index contributed by atoms with van der Waals surface area (Å²) >= 11 is 6.94. The second-order valence-electron chi connectivity index (χ2n) is 5.19. The van der Waals surface area contributed by atoms with Gasteiger partial charge in [-0.05, 0) is 56.1 Å². The van der Waals surface area contributed by atoms with Crippen LogP contribution < -0.4 is 0 Å². The summed E-state index contributed by atoms with van der Waals surface area (Å²) in [6.45, 7) is 3.07. The lowest BCUT2D eigenvalue weighted by Crippen LogP contribution is -2.40. The Bertz CT molecular complexity index is 677. The smallest absolute Gasteiger partial charge is 0.102 e. The van der Waals surface area contributed by atoms with Crippen LogP contribution in [0.5, 0.6) is 0 Å². The van der Waals surface area contributed by atoms with Crippen LogP contribution in [0.4, 0.5) is 11.4 Å². The number of halogens is 2. The number of hydrogen-bond acceptors (Lipinski definition) is 4. The van der Waals surface area contributed by atoms with Crippen LogP contribution >= 0.6 is 31.9 Å². The van der Waals surface area contributed by atoms with E-state index in [1.807, 2.05) is 58.5 Å². The molecule has 0 radical (unpaired) electrons. The van der Waals surface area contributed by atoms with E-state index in [2.05, 4.69) is 52.5 Å². The van der Waals surface area contributed by atoms with E-state index >= 15 is 0 Å². The number of hydrogen-bond donors (Lipinski definition) is 0. The first kappa shape index (κ1) is 17.0. The Morgan fingerprint density at radius 1 is 0.625 bits per heavy atom. The SMILES string of the molecule is Brc1ccccc1N=NN1CCN(N=Nc2ccccc2Br)CC1. The normalized spacial score (nSPS) is 15.6. The molecule has 0 bridgehead atoms. The molecule has 1 aliphatic rings. The molecule has 0 atom stereocenters. The van der Waals surface area contributed by atoms with E-state index < -0.39 is 0 Å². The quantitative estimate of drug-likeness (QED) is 0.574. The summed E-state index contributed by atoms with van der Waals surface area (Å²) in [5.41, 5.74) is 1.65. The maximum atomic E-state index is 4.30. The summed E-state index contributed by atoms with van der Waals surface area (Å²) in [6, 6.07) is 15.6. The second-order valence-corrected chi connectivity index (χ2v) is 6.90. The van der Waals surface area contributed by atoms with Crippen LogP contribution in [0.3, 0.4) is 0 Å². The van der Waals surface area contributed by atoms with Crippen molar-refractivity contribution in [1.29, 1.82) is 0 Å². The van der Waals surface area contributed by atoms with E-state index in [-0.39, 0.29) is 0 Å². The third-order valence-corrected chi connectivity index (χ3v) is 4.84. The van der Waals surface area contributed by atoms with Gasteiger partial charge in [0.2, 0.25) is 0 Å². The standard InChI is InChI=1S/C16H16Br2N6/c17-13-5-1-3-7-15(13)19-21-23-9-11-24(12-10-23)22-20-16-8-4-2-6-14(16)18/h1-8H,9-12H2. The molecule has 0 aromatic heterocycles. The molecule has 1 saturated heterocycles. The average molecular weight is 452 g/mol. The van der Waals surface area contributed by atoms with Crippen LogP contribution in [0.1, 0.15) is 0 Å². The summed E-state index contributed by atoms with van der Waals surface area (Å²) in [6.07, 6.45) is 0. The average Bonchev–Trinajstić information content (AvgIpc) is 2.61. The van der Waals surface area contributed by atoms with E-state index in [1.54, 1.807) is 0 Å². The van der Waals surface area contributed by atoms with Gasteiger partial charge in [0.1, 0.15) is 11.4 Å². The van der Waals surface area contributed by atoms with E-state index in [1.165, 1.54) is 0 Å². The van der Waals surface area contributed by atoms with E-state index in [9.17, 15) is 0 Å². The molecule has 0 N–H and O–H groups in total. The number of piperazine rings is 1. The highest BCUT2D eigenvalue weighted by atomic mass is 79.9. The summed E-state index contributed by atoms with van der Waals surface area (Å²) in [7, 11) is 0. The van der Waals surface area contributed by atoms with Gasteiger partial charge in [0, 0.05) is 8.95 Å². The minimum Gasteiger partial charge on any atom is -0.275 e. The zero-order chi connectivity index (χ0) is 16.8. The Morgan fingerprint density at radius 3 is 1.38 bits per heavy atom. The molecular weight excluding hydrogens is 436 g/mol. The maximum absolute atomic E-state index is 4.30. The molecule has 1 aliphatic heterocycles. The van der Waals surface area contributed by atoms with Crippen LogP contribution in [-0.2, 0) is 0 Å². The molecule has 3 rings (SSSR count). The Kier molecular flexibility index (Phi) is 5.92. The van der Waals surface area contributed by atoms with Crippen molar-refractivity contribution in [3.8, 4) is 0 Å². The lowest BCUT2D eigenvalue weighted by Gasteiger charge is -2.29. The van der Waals surface area contributed by atoms with Crippen LogP contribution in [0.15, 0.2) is 78.2 Å². The molecule has 124 valence electrons. The van der Waals surface area contributed by atoms with Gasteiger partial charge in [-0.15, -0.1) is 10.2 Å². The van der Waals surface area contributed by atoms with Gasteiger partial charge in [-0.3, -0.25) is 10.0 Å². The monoisotopic (exact) mass is 450 g/mol. The largest absolute Gasteiger partial charge is 0.275 e. The maximum Gasteiger partial charge on any atom is 0.102 e. The minimum atomic E-state index is 0.767. The van der Waals surface area contributed by atoms with Crippen molar-refractivity contribution in [2.75, 3.05) is 26.2 Å². The minimum absolute atomic E-state index is 0.767. The Labute approximate surface area is 157 Å². The van der Waals surface area contributed by atoms with E-state index in [4.69, 9.17) is 0 Å². The van der Waals surface area contributed by atoms with Crippen molar-refractivity contribution in [2.24, 2.45) is 20.7 Å². The third-order valence-electron chi connectivity index (χ3n) is 3.50. The van der Waals surface area contributed by atoms with Gasteiger partial charge < -0.3 is 0 Å². The molecular formula is C16H16Br2N6. The zero-order valence-corrected chi connectivity index (χ0v) is 16.1. The fourth-order valence-corrected chi connectivity index (χ4v) is 2.88. The van der Waals surface area contributed by atoms with Crippen molar-refractivity contribution in [1.82, 2.24) is 10.0 Å². The van der Waals surface area contributed by atoms with Crippen molar-refractivity contribution in [3.63, 3.8) is 0 Å². The Hall–Kier alpha value is -1.80. The highest BCUT2D eigenvalue weighted by Crippen LogP contribution is 2.26. The molecule has 1 heterocycles. The van der Waals surface area contributed by atoms with Crippen molar-refractivity contribution >= 4 is 43.2 Å². The predicted octanol–water partition coefficient (Wildman–Crippen LogP) is 5.53. The van der Waals surface area contributed by atoms with Gasteiger partial charge in [0.15, 0.2) is 0 Å². The number of benzene rings is 2. The first-order valence-corrected chi connectivity index (χ1v) is 9.13. The molecule has 0 amide bonds. The fourth-order valence-electron chi connectivity index (χ4n) is 2.15. The van der Waals surface area contributed by atoms with E-state index in [0.717, 1.165) is 46.5 Å². The summed E-state index contributed by atoms with van der Waals surface area (Å²) in [4.78, 5) is 0. The summed E-state index contributed by atoms with van der Waals surface area (Å²) < 4.78 is 1.88. The van der Waals surface area contributed by atoms with Crippen LogP contribution in [0.25, 0.3) is 0 Å². The molecule has 8 heteroatoms. The molecule has 0 spiro atoms. The second kappa shape index (κ2) is 8.34. The molecule has 0 aliphatic carbocycles. The topological polar surface area (TPSA) is 55.9 Å². The first-order valence-electron chi connectivity index (χ1n) is 7.54. The van der Waals surface area contributed by atoms with Gasteiger partial charge >= 0.3 is 0 Å². The molecule has 0 saturated carbocycles. The molecule has 0 unspecified atom stereocenters. The molecule has 2 aromatic rings. The van der Waals surface area contributed by atoms with Crippen molar-refractivity contribution < 1.29 is 0 Å². The van der Waals surface area contributed by atoms with Gasteiger partial charge in [-0.2, -0.15) is 0 Å². The highest BCUT2D eigenvalue weighted by molar-refractivity contribution is 9.11. The summed E-state index contributed by atoms with van der Waals surface area (Å²) in [5, 5.41) is 21.1. The zero-order valence-electron chi connectivity index (χ0n) is 12.9. The van der Waals surface area contributed by atoms with Crippen molar-refractivity contribution in [2.45, 2.75) is 0 Å². The lowest BCUT2D eigenvalue weighted by molar-refractivity contribution is 0.126. The van der Waals surface area contributed by atoms with Gasteiger partial charge in [0.25, 0.3) is 0 Å². The van der Waals surface area contributed by atoms with E-state index in [0.29, 0.717) is 0 Å². The fraction of sp³-hybridized carbons (Fsp3) is 0.250. The number of rotatable bonds is 4. The predicted molar refractivity (Wildman–Crippen MR) is 100 cm³/mol. The Balaban J connectivity index is 1.53. The summed E-state index contributed by atoms with van der Waals surface area (Å²) in [5.74, 6) is 0. The molecule has 6 nitrogen and oxygen atoms in total. The lowest BCUT2D eigenvalue weighted by atomic mass is 10.3. The van der Waals surface area contributed by atoms with Gasteiger partial charge in [-0.25, -0.2) is 0 Å². The molecule has 1 fully saturated rings. The highest BCUT2D eigenvalue weighted by Gasteiger charge is 2.14. The number of nitrogens with zero attached hydrogens (tertiary/aromatic N) is 6. The van der Waals surface area contributed by atoms with Gasteiger partial charge in [0.05, 0.1) is 26.2 Å². The first-order chi connectivity index (χ1) is 11.7. The third kappa shape index (κ3) is 4.61. The van der Waals surface area contributed by atoms with Crippen LogP contribution in [-0.4, -0.2) is 36.2 Å². The van der Waals surface area contributed by atoms with Gasteiger partial charge in [-0.1, -0.05) is 34.7 Å².